The molecule has 3 nitrogen and oxygen atoms in total. The van der Waals surface area contributed by atoms with Crippen molar-refractivity contribution in [3.05, 3.63) is 28.2 Å². The molecule has 0 saturated carbocycles. The van der Waals surface area contributed by atoms with Gasteiger partial charge in [-0.1, -0.05) is 13.0 Å². The molecule has 1 unspecified atom stereocenters. The molecule has 1 saturated heterocycles. The van der Waals surface area contributed by atoms with Crippen molar-refractivity contribution < 1.29 is 9.90 Å². The Morgan fingerprint density at radius 3 is 2.88 bits per heavy atom. The number of aromatic carboxylic acids is 1. The zero-order valence-electron chi connectivity index (χ0n) is 9.11. The van der Waals surface area contributed by atoms with Crippen LogP contribution in [-0.2, 0) is 0 Å². The maximum atomic E-state index is 11.2. The number of halogens is 1. The minimum Gasteiger partial charge on any atom is -0.478 e. The quantitative estimate of drug-likeness (QED) is 0.907. The molecule has 1 atom stereocenters. The lowest BCUT2D eigenvalue weighted by atomic mass is 10.1. The molecule has 1 aromatic rings. The second-order valence-corrected chi connectivity index (χ2v) is 5.13. The second-order valence-electron chi connectivity index (χ2n) is 4.28. The van der Waals surface area contributed by atoms with Crippen LogP contribution in [0.3, 0.4) is 0 Å². The van der Waals surface area contributed by atoms with Crippen molar-refractivity contribution in [3.8, 4) is 0 Å². The van der Waals surface area contributed by atoms with Crippen molar-refractivity contribution in [1.29, 1.82) is 0 Å². The molecule has 0 amide bonds. The zero-order valence-corrected chi connectivity index (χ0v) is 10.7. The van der Waals surface area contributed by atoms with Crippen molar-refractivity contribution in [2.75, 3.05) is 18.0 Å². The van der Waals surface area contributed by atoms with E-state index in [9.17, 15) is 9.90 Å². The number of hydrogen-bond donors (Lipinski definition) is 1. The lowest BCUT2D eigenvalue weighted by Crippen LogP contribution is -2.22. The summed E-state index contributed by atoms with van der Waals surface area (Å²) >= 11 is 3.30. The predicted octanol–water partition coefficient (Wildman–Crippen LogP) is 2.99. The summed E-state index contributed by atoms with van der Waals surface area (Å²) in [6.07, 6.45) is 1.13. The van der Waals surface area contributed by atoms with Crippen LogP contribution in [0.2, 0.25) is 0 Å². The lowest BCUT2D eigenvalue weighted by molar-refractivity contribution is 0.0696. The smallest absolute Gasteiger partial charge is 0.338 e. The Bertz CT molecular complexity index is 419. The molecule has 0 aliphatic carbocycles. The van der Waals surface area contributed by atoms with Gasteiger partial charge in [0.05, 0.1) is 11.3 Å². The summed E-state index contributed by atoms with van der Waals surface area (Å²) in [5, 5.41) is 9.22. The van der Waals surface area contributed by atoms with E-state index < -0.39 is 5.97 Å². The summed E-state index contributed by atoms with van der Waals surface area (Å²) in [4.78, 5) is 13.4. The summed E-state index contributed by atoms with van der Waals surface area (Å²) in [6, 6.07) is 5.54. The molecular formula is C12H14BrNO2. The van der Waals surface area contributed by atoms with E-state index in [4.69, 9.17) is 0 Å². The van der Waals surface area contributed by atoms with E-state index in [1.807, 2.05) is 12.1 Å². The van der Waals surface area contributed by atoms with Crippen LogP contribution in [0.15, 0.2) is 22.7 Å². The summed E-state index contributed by atoms with van der Waals surface area (Å²) in [5.41, 5.74) is 1.20. The molecule has 0 radical (unpaired) electrons. The van der Waals surface area contributed by atoms with Gasteiger partial charge in [-0.25, -0.2) is 4.79 Å². The number of carbonyl (C=O) groups is 1. The average Bonchev–Trinajstić information content (AvgIpc) is 2.63. The minimum absolute atomic E-state index is 0.372. The SMILES string of the molecule is CC1CCN(c2cccc(Br)c2C(=O)O)C1. The van der Waals surface area contributed by atoms with Crippen LogP contribution in [0, 0.1) is 5.92 Å². The van der Waals surface area contributed by atoms with E-state index in [1.54, 1.807) is 6.07 Å². The normalized spacial score (nSPS) is 20.1. The lowest BCUT2D eigenvalue weighted by Gasteiger charge is -2.20. The van der Waals surface area contributed by atoms with E-state index in [1.165, 1.54) is 0 Å². The second kappa shape index (κ2) is 4.45. The fraction of sp³-hybridized carbons (Fsp3) is 0.417. The third kappa shape index (κ3) is 2.07. The van der Waals surface area contributed by atoms with Crippen molar-refractivity contribution >= 4 is 27.6 Å². The number of hydrogen-bond acceptors (Lipinski definition) is 2. The average molecular weight is 284 g/mol. The largest absolute Gasteiger partial charge is 0.478 e. The fourth-order valence-corrected chi connectivity index (χ4v) is 2.67. The third-order valence-corrected chi connectivity index (χ3v) is 3.63. The first-order valence-electron chi connectivity index (χ1n) is 5.36. The van der Waals surface area contributed by atoms with Gasteiger partial charge in [0.15, 0.2) is 0 Å². The fourth-order valence-electron chi connectivity index (χ4n) is 2.14. The van der Waals surface area contributed by atoms with Gasteiger partial charge < -0.3 is 10.0 Å². The van der Waals surface area contributed by atoms with Crippen LogP contribution in [0.5, 0.6) is 0 Å². The van der Waals surface area contributed by atoms with Gasteiger partial charge in [-0.05, 0) is 40.4 Å². The Hall–Kier alpha value is -1.03. The highest BCUT2D eigenvalue weighted by Gasteiger charge is 2.24. The molecule has 86 valence electrons. The molecule has 1 N–H and O–H groups in total. The van der Waals surface area contributed by atoms with Crippen molar-refractivity contribution in [1.82, 2.24) is 0 Å². The molecular weight excluding hydrogens is 270 g/mol. The third-order valence-electron chi connectivity index (χ3n) is 2.97. The van der Waals surface area contributed by atoms with Gasteiger partial charge in [0.2, 0.25) is 0 Å². The highest BCUT2D eigenvalue weighted by atomic mass is 79.9. The topological polar surface area (TPSA) is 40.5 Å². The van der Waals surface area contributed by atoms with Crippen molar-refractivity contribution in [2.45, 2.75) is 13.3 Å². The molecule has 1 aromatic carbocycles. The first-order chi connectivity index (χ1) is 7.59. The van der Waals surface area contributed by atoms with E-state index in [0.29, 0.717) is 16.0 Å². The molecule has 1 fully saturated rings. The molecule has 1 aliphatic rings. The summed E-state index contributed by atoms with van der Waals surface area (Å²) in [7, 11) is 0. The van der Waals surface area contributed by atoms with E-state index in [2.05, 4.69) is 27.8 Å². The van der Waals surface area contributed by atoms with Gasteiger partial charge in [-0.15, -0.1) is 0 Å². The number of anilines is 1. The van der Waals surface area contributed by atoms with Gasteiger partial charge in [0.25, 0.3) is 0 Å². The number of carboxylic acids is 1. The standard InChI is InChI=1S/C12H14BrNO2/c1-8-5-6-14(7-8)10-4-2-3-9(13)11(10)12(15)16/h2-4,8H,5-7H2,1H3,(H,15,16). The maximum Gasteiger partial charge on any atom is 0.338 e. The van der Waals surface area contributed by atoms with Gasteiger partial charge in [-0.2, -0.15) is 0 Å². The molecule has 0 spiro atoms. The van der Waals surface area contributed by atoms with Gasteiger partial charge in [-0.3, -0.25) is 0 Å². The maximum absolute atomic E-state index is 11.2. The number of carboxylic acid groups (broad SMARTS) is 1. The first-order valence-corrected chi connectivity index (χ1v) is 6.15. The Morgan fingerprint density at radius 2 is 2.31 bits per heavy atom. The number of benzene rings is 1. The van der Waals surface area contributed by atoms with Crippen LogP contribution >= 0.6 is 15.9 Å². The Labute approximate surface area is 103 Å². The van der Waals surface area contributed by atoms with E-state index >= 15 is 0 Å². The Kier molecular flexibility index (Phi) is 3.19. The van der Waals surface area contributed by atoms with E-state index in [0.717, 1.165) is 25.2 Å². The monoisotopic (exact) mass is 283 g/mol. The number of nitrogens with zero attached hydrogens (tertiary/aromatic N) is 1. The van der Waals surface area contributed by atoms with Crippen LogP contribution in [0.1, 0.15) is 23.7 Å². The highest BCUT2D eigenvalue weighted by Crippen LogP contribution is 2.31. The zero-order chi connectivity index (χ0) is 11.7. The van der Waals surface area contributed by atoms with Gasteiger partial charge in [0, 0.05) is 17.6 Å². The molecule has 0 aromatic heterocycles. The molecule has 2 rings (SSSR count). The van der Waals surface area contributed by atoms with Crippen molar-refractivity contribution in [2.24, 2.45) is 5.92 Å². The summed E-state index contributed by atoms with van der Waals surface area (Å²) in [6.45, 7) is 4.08. The van der Waals surface area contributed by atoms with Crippen molar-refractivity contribution in [3.63, 3.8) is 0 Å². The minimum atomic E-state index is -0.873. The Morgan fingerprint density at radius 1 is 1.56 bits per heavy atom. The number of rotatable bonds is 2. The highest BCUT2D eigenvalue weighted by molar-refractivity contribution is 9.10. The van der Waals surface area contributed by atoms with Crippen LogP contribution < -0.4 is 4.90 Å². The van der Waals surface area contributed by atoms with Crippen LogP contribution in [0.4, 0.5) is 5.69 Å². The van der Waals surface area contributed by atoms with Gasteiger partial charge in [0.1, 0.15) is 0 Å². The molecule has 16 heavy (non-hydrogen) atoms. The van der Waals surface area contributed by atoms with Crippen LogP contribution in [0.25, 0.3) is 0 Å². The molecule has 1 aliphatic heterocycles. The predicted molar refractivity (Wildman–Crippen MR) is 67.1 cm³/mol. The van der Waals surface area contributed by atoms with Crippen LogP contribution in [-0.4, -0.2) is 24.2 Å². The van der Waals surface area contributed by atoms with E-state index in [-0.39, 0.29) is 0 Å². The molecule has 4 heteroatoms. The van der Waals surface area contributed by atoms with Gasteiger partial charge >= 0.3 is 5.97 Å². The summed E-state index contributed by atoms with van der Waals surface area (Å²) < 4.78 is 0.650. The first kappa shape index (κ1) is 11.5. The Balaban J connectivity index is 2.40. The summed E-state index contributed by atoms with van der Waals surface area (Å²) in [5.74, 6) is -0.234. The molecule has 0 bridgehead atoms. The molecule has 1 heterocycles.